The number of nitrogens with one attached hydrogen (secondary N) is 2. The summed E-state index contributed by atoms with van der Waals surface area (Å²) >= 11 is 0. The Labute approximate surface area is 207 Å². The predicted octanol–water partition coefficient (Wildman–Crippen LogP) is 6.13. The minimum Gasteiger partial charge on any atom is -0.455 e. The van der Waals surface area contributed by atoms with E-state index < -0.39 is 11.7 Å². The lowest BCUT2D eigenvalue weighted by atomic mass is 9.99. The molecule has 2 N–H and O–H groups in total. The number of hydrazine groups is 1. The van der Waals surface area contributed by atoms with E-state index in [9.17, 15) is 13.2 Å². The molecule has 1 aromatic heterocycles. The number of nitrogens with zero attached hydrogens (tertiary/aromatic N) is 2. The van der Waals surface area contributed by atoms with Crippen LogP contribution in [0.25, 0.3) is 10.9 Å². The van der Waals surface area contributed by atoms with Gasteiger partial charge in [0.25, 0.3) is 0 Å². The third-order valence-corrected chi connectivity index (χ3v) is 6.18. The van der Waals surface area contributed by atoms with Gasteiger partial charge in [0, 0.05) is 11.9 Å². The van der Waals surface area contributed by atoms with Crippen molar-refractivity contribution in [1.29, 1.82) is 0 Å². The highest BCUT2D eigenvalue weighted by molar-refractivity contribution is 6.11. The molecule has 1 aliphatic rings. The highest BCUT2D eigenvalue weighted by Crippen LogP contribution is 2.35. The molecule has 2 heterocycles. The Bertz CT molecular complexity index is 1450. The normalized spacial score (nSPS) is 15.9. The van der Waals surface area contributed by atoms with E-state index in [1.807, 2.05) is 24.3 Å². The fourth-order valence-electron chi connectivity index (χ4n) is 4.39. The molecule has 3 aromatic carbocycles. The van der Waals surface area contributed by atoms with E-state index in [1.54, 1.807) is 0 Å². The van der Waals surface area contributed by atoms with E-state index in [-0.39, 0.29) is 11.8 Å². The Morgan fingerprint density at radius 3 is 2.64 bits per heavy atom. The maximum atomic E-state index is 13.3. The number of aromatic nitrogens is 1. The average molecular weight is 491 g/mol. The van der Waals surface area contributed by atoms with Crippen LogP contribution in [-0.2, 0) is 12.6 Å². The number of halogens is 3. The van der Waals surface area contributed by atoms with E-state index in [1.165, 1.54) is 35.0 Å². The first-order valence-electron chi connectivity index (χ1n) is 11.6. The van der Waals surface area contributed by atoms with Crippen molar-refractivity contribution >= 4 is 16.7 Å². The number of amidine groups is 1. The number of alkyl halides is 3. The van der Waals surface area contributed by atoms with Crippen molar-refractivity contribution in [3.8, 4) is 11.5 Å². The van der Waals surface area contributed by atoms with Gasteiger partial charge in [-0.15, -0.1) is 0 Å². The van der Waals surface area contributed by atoms with Crippen LogP contribution in [-0.4, -0.2) is 23.4 Å². The summed E-state index contributed by atoms with van der Waals surface area (Å²) in [6.45, 7) is 4.79. The summed E-state index contributed by atoms with van der Waals surface area (Å²) < 4.78 is 45.7. The molecule has 0 saturated carbocycles. The number of ether oxygens (including phenoxy) is 1. The zero-order chi connectivity index (χ0) is 25.3. The van der Waals surface area contributed by atoms with Crippen molar-refractivity contribution in [3.05, 3.63) is 101 Å². The van der Waals surface area contributed by atoms with Crippen LogP contribution in [0.15, 0.2) is 77.9 Å². The largest absolute Gasteiger partial charge is 0.455 e. The number of aliphatic imine (C=N–C) groups is 1. The van der Waals surface area contributed by atoms with Gasteiger partial charge in [-0.05, 0) is 55.7 Å². The lowest BCUT2D eigenvalue weighted by Gasteiger charge is -2.25. The summed E-state index contributed by atoms with van der Waals surface area (Å²) in [6, 6.07) is 18.7. The first-order chi connectivity index (χ1) is 17.3. The number of rotatable bonds is 5. The first-order valence-corrected chi connectivity index (χ1v) is 11.6. The molecule has 36 heavy (non-hydrogen) atoms. The standard InChI is InChI=1S/C28H25F3N4O/c1-17-10-11-19(18(2)12-17)13-21-15-33-35-27(34-21)26-23-8-3-4-9-24(23)32-16-25(26)36-22-7-5-6-20(14-22)28(29,30)31/h3-12,14,16,21,33H,13,15H2,1-2H3,(H,34,35)/t21-/m1/s1. The maximum absolute atomic E-state index is 13.3. The van der Waals surface area contributed by atoms with Gasteiger partial charge in [-0.1, -0.05) is 48.0 Å². The van der Waals surface area contributed by atoms with Crippen molar-refractivity contribution < 1.29 is 17.9 Å². The molecular formula is C28H25F3N4O. The van der Waals surface area contributed by atoms with Crippen molar-refractivity contribution in [1.82, 2.24) is 15.8 Å². The third kappa shape index (κ3) is 5.04. The van der Waals surface area contributed by atoms with Gasteiger partial charge in [-0.2, -0.15) is 13.2 Å². The summed E-state index contributed by atoms with van der Waals surface area (Å²) in [5, 5.41) is 0.780. The zero-order valence-electron chi connectivity index (χ0n) is 19.9. The summed E-state index contributed by atoms with van der Waals surface area (Å²) in [6.07, 6.45) is -2.20. The van der Waals surface area contributed by atoms with Crippen LogP contribution >= 0.6 is 0 Å². The predicted molar refractivity (Wildman–Crippen MR) is 134 cm³/mol. The summed E-state index contributed by atoms with van der Waals surface area (Å²) in [5.74, 6) is 0.934. The lowest BCUT2D eigenvalue weighted by Crippen LogP contribution is -2.48. The minimum absolute atomic E-state index is 0.0454. The Morgan fingerprint density at radius 2 is 1.83 bits per heavy atom. The minimum atomic E-state index is -4.47. The van der Waals surface area contributed by atoms with E-state index in [2.05, 4.69) is 47.9 Å². The third-order valence-electron chi connectivity index (χ3n) is 6.18. The SMILES string of the molecule is Cc1ccc(C[C@@H]2CNNC(c3c(Oc4cccc(C(F)(F)F)c4)cnc4ccccc34)=N2)c(C)c1. The molecule has 0 spiro atoms. The van der Waals surface area contributed by atoms with E-state index in [4.69, 9.17) is 9.73 Å². The monoisotopic (exact) mass is 490 g/mol. The van der Waals surface area contributed by atoms with Crippen molar-refractivity contribution in [2.75, 3.05) is 6.54 Å². The van der Waals surface area contributed by atoms with Gasteiger partial charge < -0.3 is 10.2 Å². The van der Waals surface area contributed by atoms with Gasteiger partial charge in [0.1, 0.15) is 11.6 Å². The molecule has 0 unspecified atom stereocenters. The average Bonchev–Trinajstić information content (AvgIpc) is 2.85. The second-order valence-electron chi connectivity index (χ2n) is 8.91. The zero-order valence-corrected chi connectivity index (χ0v) is 19.9. The molecule has 4 aromatic rings. The van der Waals surface area contributed by atoms with Crippen molar-refractivity contribution in [3.63, 3.8) is 0 Å². The molecule has 5 rings (SSSR count). The quantitative estimate of drug-likeness (QED) is 0.354. The van der Waals surface area contributed by atoms with Gasteiger partial charge in [0.05, 0.1) is 28.9 Å². The molecule has 1 aliphatic heterocycles. The van der Waals surface area contributed by atoms with Gasteiger partial charge in [-0.25, -0.2) is 5.43 Å². The highest BCUT2D eigenvalue weighted by atomic mass is 19.4. The molecule has 0 saturated heterocycles. The number of pyridine rings is 1. The highest BCUT2D eigenvalue weighted by Gasteiger charge is 2.31. The van der Waals surface area contributed by atoms with Crippen LogP contribution in [0.2, 0.25) is 0 Å². The lowest BCUT2D eigenvalue weighted by molar-refractivity contribution is -0.137. The van der Waals surface area contributed by atoms with Crippen LogP contribution in [0.3, 0.4) is 0 Å². The summed E-state index contributed by atoms with van der Waals surface area (Å²) in [5.41, 5.74) is 10.6. The molecule has 1 atom stereocenters. The smallest absolute Gasteiger partial charge is 0.416 e. The number of para-hydroxylation sites is 1. The van der Waals surface area contributed by atoms with E-state index >= 15 is 0 Å². The van der Waals surface area contributed by atoms with Crippen LogP contribution in [0, 0.1) is 13.8 Å². The van der Waals surface area contributed by atoms with E-state index in [0.717, 1.165) is 29.5 Å². The Hall–Kier alpha value is -3.91. The molecule has 184 valence electrons. The van der Waals surface area contributed by atoms with Crippen LogP contribution in [0.1, 0.15) is 27.8 Å². The maximum Gasteiger partial charge on any atom is 0.416 e. The van der Waals surface area contributed by atoms with Crippen LogP contribution < -0.4 is 15.6 Å². The molecule has 0 aliphatic carbocycles. The number of aryl methyl sites for hydroxylation is 2. The Kier molecular flexibility index (Phi) is 6.36. The molecule has 5 nitrogen and oxygen atoms in total. The van der Waals surface area contributed by atoms with Gasteiger partial charge >= 0.3 is 6.18 Å². The van der Waals surface area contributed by atoms with Crippen molar-refractivity contribution in [2.24, 2.45) is 4.99 Å². The van der Waals surface area contributed by atoms with E-state index in [0.29, 0.717) is 23.7 Å². The summed E-state index contributed by atoms with van der Waals surface area (Å²) in [7, 11) is 0. The molecule has 0 radical (unpaired) electrons. The molecule has 0 amide bonds. The fraction of sp³-hybridized carbons (Fsp3) is 0.214. The number of benzene rings is 3. The van der Waals surface area contributed by atoms with Crippen molar-refractivity contribution in [2.45, 2.75) is 32.5 Å². The Morgan fingerprint density at radius 1 is 1.00 bits per heavy atom. The van der Waals surface area contributed by atoms with Crippen LogP contribution in [0.4, 0.5) is 13.2 Å². The molecule has 0 fully saturated rings. The van der Waals surface area contributed by atoms with Gasteiger partial charge in [-0.3, -0.25) is 9.98 Å². The van der Waals surface area contributed by atoms with Gasteiger partial charge in [0.15, 0.2) is 5.75 Å². The molecule has 8 heteroatoms. The fourth-order valence-corrected chi connectivity index (χ4v) is 4.39. The summed E-state index contributed by atoms with van der Waals surface area (Å²) in [4.78, 5) is 9.44. The number of fused-ring (bicyclic) bond motifs is 1. The first kappa shape index (κ1) is 23.8. The Balaban J connectivity index is 1.54. The van der Waals surface area contributed by atoms with Crippen LogP contribution in [0.5, 0.6) is 11.5 Å². The second kappa shape index (κ2) is 9.62. The molecular weight excluding hydrogens is 465 g/mol. The number of hydrogen-bond donors (Lipinski definition) is 2. The van der Waals surface area contributed by atoms with Gasteiger partial charge in [0.2, 0.25) is 0 Å². The topological polar surface area (TPSA) is 58.5 Å². The molecule has 0 bridgehead atoms. The second-order valence-corrected chi connectivity index (χ2v) is 8.91. The number of hydrogen-bond acceptors (Lipinski definition) is 5.